The summed E-state index contributed by atoms with van der Waals surface area (Å²) in [5.74, 6) is 2.04. The smallest absolute Gasteiger partial charge is 0.128 e. The Morgan fingerprint density at radius 2 is 1.77 bits per heavy atom. The summed E-state index contributed by atoms with van der Waals surface area (Å²) in [5, 5.41) is 0. The zero-order valence-electron chi connectivity index (χ0n) is 13.2. The number of hydrogen-bond acceptors (Lipinski definition) is 3. The second kappa shape index (κ2) is 7.92. The van der Waals surface area contributed by atoms with Crippen LogP contribution in [0.2, 0.25) is 0 Å². The lowest BCUT2D eigenvalue weighted by atomic mass is 9.91. The van der Waals surface area contributed by atoms with Crippen molar-refractivity contribution in [2.75, 3.05) is 18.0 Å². The molecule has 2 aromatic heterocycles. The molecule has 0 unspecified atom stereocenters. The van der Waals surface area contributed by atoms with Crippen molar-refractivity contribution >= 4 is 5.82 Å². The zero-order chi connectivity index (χ0) is 15.0. The molecule has 3 rings (SSSR count). The maximum absolute atomic E-state index is 4.46. The number of anilines is 1. The normalized spacial score (nSPS) is 15.9. The number of piperidine rings is 1. The van der Waals surface area contributed by atoms with E-state index < -0.39 is 0 Å². The monoisotopic (exact) mass is 295 g/mol. The SMILES string of the molecule is c1ccc(N2CCC(CCCCc3ccncc3)CC2)nc1. The van der Waals surface area contributed by atoms with Crippen LogP contribution in [-0.4, -0.2) is 23.1 Å². The topological polar surface area (TPSA) is 29.0 Å². The third-order valence-corrected chi connectivity index (χ3v) is 4.66. The summed E-state index contributed by atoms with van der Waals surface area (Å²) in [6.07, 6.45) is 13.5. The third kappa shape index (κ3) is 4.30. The minimum atomic E-state index is 0.900. The van der Waals surface area contributed by atoms with E-state index in [4.69, 9.17) is 0 Å². The van der Waals surface area contributed by atoms with Crippen LogP contribution in [0.15, 0.2) is 48.9 Å². The molecule has 0 saturated carbocycles. The molecule has 0 radical (unpaired) electrons. The highest BCUT2D eigenvalue weighted by atomic mass is 15.2. The van der Waals surface area contributed by atoms with Gasteiger partial charge in [0.1, 0.15) is 5.82 Å². The highest BCUT2D eigenvalue weighted by molar-refractivity contribution is 5.37. The van der Waals surface area contributed by atoms with Gasteiger partial charge >= 0.3 is 0 Å². The fourth-order valence-electron chi connectivity index (χ4n) is 3.30. The van der Waals surface area contributed by atoms with Crippen LogP contribution in [0.1, 0.15) is 37.7 Å². The van der Waals surface area contributed by atoms with Gasteiger partial charge in [-0.3, -0.25) is 4.98 Å². The van der Waals surface area contributed by atoms with Gasteiger partial charge in [-0.2, -0.15) is 0 Å². The second-order valence-electron chi connectivity index (χ2n) is 6.22. The number of aryl methyl sites for hydroxylation is 1. The van der Waals surface area contributed by atoms with Crippen LogP contribution in [0.5, 0.6) is 0 Å². The van der Waals surface area contributed by atoms with E-state index in [2.05, 4.69) is 39.1 Å². The van der Waals surface area contributed by atoms with Gasteiger partial charge in [-0.1, -0.05) is 18.9 Å². The first kappa shape index (κ1) is 15.0. The third-order valence-electron chi connectivity index (χ3n) is 4.66. The lowest BCUT2D eigenvalue weighted by Gasteiger charge is -2.32. The van der Waals surface area contributed by atoms with Crippen molar-refractivity contribution in [1.82, 2.24) is 9.97 Å². The molecule has 0 spiro atoms. The second-order valence-corrected chi connectivity index (χ2v) is 6.22. The summed E-state index contributed by atoms with van der Waals surface area (Å²) < 4.78 is 0. The number of rotatable bonds is 6. The highest BCUT2D eigenvalue weighted by Gasteiger charge is 2.19. The van der Waals surface area contributed by atoms with Gasteiger partial charge in [-0.15, -0.1) is 0 Å². The number of aromatic nitrogens is 2. The Bertz CT molecular complexity index is 533. The molecule has 3 heteroatoms. The largest absolute Gasteiger partial charge is 0.357 e. The molecule has 1 saturated heterocycles. The molecule has 0 amide bonds. The molecule has 0 bridgehead atoms. The molecule has 0 atom stereocenters. The predicted octanol–water partition coefficient (Wildman–Crippen LogP) is 4.11. The Morgan fingerprint density at radius 3 is 2.50 bits per heavy atom. The van der Waals surface area contributed by atoms with E-state index in [1.54, 1.807) is 0 Å². The van der Waals surface area contributed by atoms with Crippen molar-refractivity contribution in [2.24, 2.45) is 5.92 Å². The van der Waals surface area contributed by atoms with Gasteiger partial charge in [0, 0.05) is 31.7 Å². The molecule has 3 heterocycles. The van der Waals surface area contributed by atoms with Crippen LogP contribution in [0, 0.1) is 5.92 Å². The fourth-order valence-corrected chi connectivity index (χ4v) is 3.30. The predicted molar refractivity (Wildman–Crippen MR) is 91.0 cm³/mol. The summed E-state index contributed by atoms with van der Waals surface area (Å²) in [6.45, 7) is 2.32. The van der Waals surface area contributed by atoms with Gasteiger partial charge in [0.2, 0.25) is 0 Å². The lowest BCUT2D eigenvalue weighted by molar-refractivity contribution is 0.368. The molecular weight excluding hydrogens is 270 g/mol. The van der Waals surface area contributed by atoms with Gasteiger partial charge in [0.15, 0.2) is 0 Å². The van der Waals surface area contributed by atoms with Crippen molar-refractivity contribution in [1.29, 1.82) is 0 Å². The van der Waals surface area contributed by atoms with E-state index in [0.717, 1.165) is 24.8 Å². The maximum Gasteiger partial charge on any atom is 0.128 e. The Morgan fingerprint density at radius 1 is 0.955 bits per heavy atom. The molecule has 1 aliphatic heterocycles. The molecule has 0 aliphatic carbocycles. The van der Waals surface area contributed by atoms with Gasteiger partial charge in [0.05, 0.1) is 0 Å². The average molecular weight is 295 g/mol. The minimum Gasteiger partial charge on any atom is -0.357 e. The van der Waals surface area contributed by atoms with Gasteiger partial charge < -0.3 is 4.90 Å². The van der Waals surface area contributed by atoms with E-state index in [1.165, 1.54) is 44.1 Å². The molecule has 2 aromatic rings. The van der Waals surface area contributed by atoms with Crippen LogP contribution in [0.4, 0.5) is 5.82 Å². The lowest BCUT2D eigenvalue weighted by Crippen LogP contribution is -2.34. The van der Waals surface area contributed by atoms with Crippen molar-refractivity contribution < 1.29 is 0 Å². The minimum absolute atomic E-state index is 0.900. The van der Waals surface area contributed by atoms with Gasteiger partial charge in [-0.25, -0.2) is 4.98 Å². The first-order valence-electron chi connectivity index (χ1n) is 8.47. The number of pyridine rings is 2. The zero-order valence-corrected chi connectivity index (χ0v) is 13.2. The van der Waals surface area contributed by atoms with Gasteiger partial charge in [0.25, 0.3) is 0 Å². The molecule has 1 fully saturated rings. The summed E-state index contributed by atoms with van der Waals surface area (Å²) >= 11 is 0. The van der Waals surface area contributed by atoms with E-state index in [9.17, 15) is 0 Å². The van der Waals surface area contributed by atoms with Crippen LogP contribution in [0.25, 0.3) is 0 Å². The van der Waals surface area contributed by atoms with E-state index in [0.29, 0.717) is 0 Å². The Labute approximate surface area is 133 Å². The summed E-state index contributed by atoms with van der Waals surface area (Å²) in [7, 11) is 0. The quantitative estimate of drug-likeness (QED) is 0.751. The average Bonchev–Trinajstić information content (AvgIpc) is 2.61. The molecular formula is C19H25N3. The van der Waals surface area contributed by atoms with Crippen molar-refractivity contribution in [2.45, 2.75) is 38.5 Å². The van der Waals surface area contributed by atoms with E-state index >= 15 is 0 Å². The first-order chi connectivity index (χ1) is 10.9. The fraction of sp³-hybridized carbons (Fsp3) is 0.474. The number of nitrogens with zero attached hydrogens (tertiary/aromatic N) is 3. The Hall–Kier alpha value is -1.90. The van der Waals surface area contributed by atoms with Crippen LogP contribution < -0.4 is 4.90 Å². The molecule has 1 aliphatic rings. The molecule has 3 nitrogen and oxygen atoms in total. The molecule has 22 heavy (non-hydrogen) atoms. The maximum atomic E-state index is 4.46. The van der Waals surface area contributed by atoms with E-state index in [-0.39, 0.29) is 0 Å². The first-order valence-corrected chi connectivity index (χ1v) is 8.47. The number of unbranched alkanes of at least 4 members (excludes halogenated alkanes) is 1. The summed E-state index contributed by atoms with van der Waals surface area (Å²) in [6, 6.07) is 10.4. The van der Waals surface area contributed by atoms with Crippen molar-refractivity contribution in [3.05, 3.63) is 54.5 Å². The molecule has 116 valence electrons. The number of hydrogen-bond donors (Lipinski definition) is 0. The van der Waals surface area contributed by atoms with Crippen molar-refractivity contribution in [3.63, 3.8) is 0 Å². The molecule has 0 N–H and O–H groups in total. The van der Waals surface area contributed by atoms with Crippen LogP contribution in [0.3, 0.4) is 0 Å². The molecule has 0 aromatic carbocycles. The Kier molecular flexibility index (Phi) is 5.41. The summed E-state index contributed by atoms with van der Waals surface area (Å²) in [5.41, 5.74) is 1.42. The van der Waals surface area contributed by atoms with Crippen LogP contribution in [-0.2, 0) is 6.42 Å². The van der Waals surface area contributed by atoms with Crippen molar-refractivity contribution in [3.8, 4) is 0 Å². The van der Waals surface area contributed by atoms with E-state index in [1.807, 2.05) is 24.7 Å². The van der Waals surface area contributed by atoms with Crippen LogP contribution >= 0.6 is 0 Å². The Balaban J connectivity index is 1.34. The highest BCUT2D eigenvalue weighted by Crippen LogP contribution is 2.25. The summed E-state index contributed by atoms with van der Waals surface area (Å²) in [4.78, 5) is 11.0. The standard InChI is InChI=1S/C19H25N3/c1(5-17-8-13-20-14-9-17)2-6-18-10-15-22(16-11-18)19-7-3-4-12-21-19/h3-4,7-9,12-14,18H,1-2,5-6,10-11,15-16H2. The van der Waals surface area contributed by atoms with Gasteiger partial charge in [-0.05, 0) is 61.4 Å².